The Balaban J connectivity index is 1.44. The van der Waals surface area contributed by atoms with E-state index in [0.717, 1.165) is 42.3 Å². The van der Waals surface area contributed by atoms with Crippen LogP contribution < -0.4 is 15.2 Å². The lowest BCUT2D eigenvalue weighted by atomic mass is 9.86. The zero-order valence-electron chi connectivity index (χ0n) is 21.8. The van der Waals surface area contributed by atoms with E-state index < -0.39 is 6.10 Å². The van der Waals surface area contributed by atoms with Gasteiger partial charge < -0.3 is 14.7 Å². The maximum atomic E-state index is 10.7. The summed E-state index contributed by atoms with van der Waals surface area (Å²) in [4.78, 5) is 2.33. The van der Waals surface area contributed by atoms with E-state index in [0.29, 0.717) is 6.61 Å². The molecule has 0 saturated heterocycles. The third-order valence-corrected chi connectivity index (χ3v) is 7.02. The SMILES string of the molecule is CCC(=c1ccc2c(c1)OCc1ccccc1C=2)N(C)CCCC(O)c1ccc(C(C)(C)C)cc1. The predicted octanol–water partition coefficient (Wildman–Crippen LogP) is 5.67. The Morgan fingerprint density at radius 3 is 2.49 bits per heavy atom. The molecule has 3 heteroatoms. The first-order valence-corrected chi connectivity index (χ1v) is 12.8. The van der Waals surface area contributed by atoms with Gasteiger partial charge in [0.05, 0.1) is 6.10 Å². The number of aliphatic hydroxyl groups is 1. The van der Waals surface area contributed by atoms with Crippen LogP contribution in [0, 0.1) is 0 Å². The van der Waals surface area contributed by atoms with Gasteiger partial charge in [0.25, 0.3) is 0 Å². The fourth-order valence-corrected chi connectivity index (χ4v) is 4.81. The first-order chi connectivity index (χ1) is 16.8. The molecule has 1 unspecified atom stereocenters. The quantitative estimate of drug-likeness (QED) is 0.484. The van der Waals surface area contributed by atoms with Crippen LogP contribution in [0.3, 0.4) is 0 Å². The number of fused-ring (bicyclic) bond motifs is 2. The molecule has 3 nitrogen and oxygen atoms in total. The Morgan fingerprint density at radius 1 is 1.03 bits per heavy atom. The molecule has 35 heavy (non-hydrogen) atoms. The number of hydrogen-bond donors (Lipinski definition) is 1. The summed E-state index contributed by atoms with van der Waals surface area (Å²) < 4.78 is 6.18. The summed E-state index contributed by atoms with van der Waals surface area (Å²) in [5.74, 6) is 0.937. The molecule has 0 amide bonds. The van der Waals surface area contributed by atoms with Crippen molar-refractivity contribution in [2.24, 2.45) is 0 Å². The minimum Gasteiger partial charge on any atom is -0.488 e. The number of benzene rings is 3. The molecule has 184 valence electrons. The number of nitrogens with zero attached hydrogens (tertiary/aromatic N) is 1. The topological polar surface area (TPSA) is 32.7 Å². The molecule has 0 saturated carbocycles. The maximum Gasteiger partial charge on any atom is 0.127 e. The van der Waals surface area contributed by atoms with Crippen LogP contribution in [0.4, 0.5) is 0 Å². The number of ether oxygens (including phenoxy) is 1. The normalized spacial score (nSPS) is 14.6. The van der Waals surface area contributed by atoms with Crippen LogP contribution in [0.1, 0.15) is 75.3 Å². The molecule has 0 radical (unpaired) electrons. The summed E-state index contributed by atoms with van der Waals surface area (Å²) in [7, 11) is 2.15. The van der Waals surface area contributed by atoms with E-state index in [1.165, 1.54) is 27.6 Å². The Bertz CT molecular complexity index is 1270. The van der Waals surface area contributed by atoms with Crippen molar-refractivity contribution in [3.05, 3.63) is 99.4 Å². The van der Waals surface area contributed by atoms with Gasteiger partial charge in [0, 0.05) is 24.5 Å². The zero-order valence-corrected chi connectivity index (χ0v) is 21.8. The fraction of sp³-hybridized carbons (Fsp3) is 0.375. The average molecular weight is 470 g/mol. The molecular formula is C32H39NO2. The Morgan fingerprint density at radius 2 is 1.77 bits per heavy atom. The van der Waals surface area contributed by atoms with Crippen molar-refractivity contribution in [1.82, 2.24) is 4.90 Å². The van der Waals surface area contributed by atoms with Gasteiger partial charge in [-0.3, -0.25) is 0 Å². The highest BCUT2D eigenvalue weighted by atomic mass is 16.5. The van der Waals surface area contributed by atoms with Gasteiger partial charge in [-0.25, -0.2) is 0 Å². The Kier molecular flexibility index (Phi) is 7.66. The van der Waals surface area contributed by atoms with Crippen LogP contribution in [0.5, 0.6) is 5.75 Å². The standard InChI is InChI=1S/C32H39NO2/c1-6-29(25-13-14-26-20-24-10-7-8-11-27(24)22-35-31(26)21-25)33(5)19-9-12-30(34)23-15-17-28(18-16-23)32(2,3)4/h7-8,10-11,13-18,20-21,30,34H,6,9,12,19,22H2,1-5H3. The minimum atomic E-state index is -0.430. The molecule has 0 bridgehead atoms. The van der Waals surface area contributed by atoms with E-state index >= 15 is 0 Å². The van der Waals surface area contributed by atoms with Crippen molar-refractivity contribution in [2.75, 3.05) is 13.6 Å². The second-order valence-electron chi connectivity index (χ2n) is 10.6. The highest BCUT2D eigenvalue weighted by Gasteiger charge is 2.15. The summed E-state index contributed by atoms with van der Waals surface area (Å²) >= 11 is 0. The van der Waals surface area contributed by atoms with Crippen LogP contribution in [0.25, 0.3) is 11.8 Å². The van der Waals surface area contributed by atoms with E-state index in [2.05, 4.69) is 112 Å². The van der Waals surface area contributed by atoms with Crippen LogP contribution in [-0.4, -0.2) is 23.6 Å². The Labute approximate surface area is 210 Å². The lowest BCUT2D eigenvalue weighted by molar-refractivity contribution is 0.161. The molecule has 1 N–H and O–H groups in total. The summed E-state index contributed by atoms with van der Waals surface area (Å²) in [6.07, 6.45) is 4.40. The third-order valence-electron chi connectivity index (χ3n) is 7.02. The number of aliphatic hydroxyl groups excluding tert-OH is 1. The first-order valence-electron chi connectivity index (χ1n) is 12.8. The third kappa shape index (κ3) is 5.97. The van der Waals surface area contributed by atoms with Gasteiger partial charge in [0.1, 0.15) is 12.4 Å². The van der Waals surface area contributed by atoms with E-state index in [-0.39, 0.29) is 5.41 Å². The largest absolute Gasteiger partial charge is 0.488 e. The summed E-state index contributed by atoms with van der Waals surface area (Å²) in [6, 6.07) is 23.4. The molecule has 4 rings (SSSR count). The summed E-state index contributed by atoms with van der Waals surface area (Å²) in [6.45, 7) is 10.3. The maximum absolute atomic E-state index is 10.7. The van der Waals surface area contributed by atoms with E-state index in [4.69, 9.17) is 4.74 Å². The fourth-order valence-electron chi connectivity index (χ4n) is 4.81. The van der Waals surface area contributed by atoms with Gasteiger partial charge in [-0.15, -0.1) is 0 Å². The molecule has 1 aliphatic rings. The van der Waals surface area contributed by atoms with Crippen LogP contribution in [0.2, 0.25) is 0 Å². The molecule has 1 aliphatic heterocycles. The summed E-state index contributed by atoms with van der Waals surface area (Å²) in [5, 5.41) is 13.1. The molecule has 0 fully saturated rings. The lowest BCUT2D eigenvalue weighted by Gasteiger charge is -2.23. The van der Waals surface area contributed by atoms with Gasteiger partial charge in [-0.1, -0.05) is 88.4 Å². The summed E-state index contributed by atoms with van der Waals surface area (Å²) in [5.41, 5.74) is 6.15. The van der Waals surface area contributed by atoms with Gasteiger partial charge in [0.2, 0.25) is 0 Å². The van der Waals surface area contributed by atoms with Crippen molar-refractivity contribution in [2.45, 2.75) is 65.1 Å². The molecule has 1 heterocycles. The molecule has 0 aliphatic carbocycles. The second-order valence-corrected chi connectivity index (χ2v) is 10.6. The first kappa shape index (κ1) is 25.1. The molecule has 3 aromatic rings. The predicted molar refractivity (Wildman–Crippen MR) is 146 cm³/mol. The van der Waals surface area contributed by atoms with Gasteiger partial charge in [-0.05, 0) is 64.3 Å². The second kappa shape index (κ2) is 10.7. The van der Waals surface area contributed by atoms with E-state index in [9.17, 15) is 5.11 Å². The number of hydrogen-bond acceptors (Lipinski definition) is 3. The zero-order chi connectivity index (χ0) is 25.0. The van der Waals surface area contributed by atoms with Crippen molar-refractivity contribution in [1.29, 1.82) is 0 Å². The van der Waals surface area contributed by atoms with Gasteiger partial charge >= 0.3 is 0 Å². The van der Waals surface area contributed by atoms with Crippen LogP contribution >= 0.6 is 0 Å². The highest BCUT2D eigenvalue weighted by Crippen LogP contribution is 2.25. The van der Waals surface area contributed by atoms with Gasteiger partial charge in [-0.2, -0.15) is 0 Å². The monoisotopic (exact) mass is 469 g/mol. The highest BCUT2D eigenvalue weighted by molar-refractivity contribution is 5.58. The van der Waals surface area contributed by atoms with Crippen LogP contribution in [0.15, 0.2) is 66.7 Å². The average Bonchev–Trinajstić information content (AvgIpc) is 3.03. The van der Waals surface area contributed by atoms with Crippen molar-refractivity contribution < 1.29 is 9.84 Å². The molecule has 0 aromatic heterocycles. The smallest absolute Gasteiger partial charge is 0.127 e. The van der Waals surface area contributed by atoms with E-state index in [1.54, 1.807) is 0 Å². The van der Waals surface area contributed by atoms with Crippen molar-refractivity contribution in [3.63, 3.8) is 0 Å². The molecular weight excluding hydrogens is 430 g/mol. The van der Waals surface area contributed by atoms with Crippen LogP contribution in [-0.2, 0) is 12.0 Å². The van der Waals surface area contributed by atoms with Gasteiger partial charge in [0.15, 0.2) is 0 Å². The number of rotatable bonds is 7. The Hall–Kier alpha value is -3.04. The molecule has 1 atom stereocenters. The minimum absolute atomic E-state index is 0.126. The van der Waals surface area contributed by atoms with Crippen molar-refractivity contribution in [3.8, 4) is 5.75 Å². The van der Waals surface area contributed by atoms with Crippen molar-refractivity contribution >= 4 is 11.8 Å². The molecule has 3 aromatic carbocycles. The molecule has 0 spiro atoms. The van der Waals surface area contributed by atoms with E-state index in [1.807, 2.05) is 0 Å². The lowest BCUT2D eigenvalue weighted by Crippen LogP contribution is -2.25.